The zero-order valence-corrected chi connectivity index (χ0v) is 15.8. The minimum atomic E-state index is -4.24. The molecule has 0 spiro atoms. The number of hydrogen-bond acceptors (Lipinski definition) is 3. The molecule has 0 aliphatic heterocycles. The van der Waals surface area contributed by atoms with Gasteiger partial charge in [0.25, 0.3) is 0 Å². The predicted octanol–water partition coefficient (Wildman–Crippen LogP) is 6.00. The smallest absolute Gasteiger partial charge is 0.395 e. The molecule has 1 N–H and O–H groups in total. The van der Waals surface area contributed by atoms with Gasteiger partial charge in [0, 0.05) is 0 Å². The van der Waals surface area contributed by atoms with Crippen molar-refractivity contribution >= 4 is 7.82 Å². The van der Waals surface area contributed by atoms with E-state index < -0.39 is 7.82 Å². The van der Waals surface area contributed by atoms with Crippen LogP contribution < -0.4 is 9.05 Å². The van der Waals surface area contributed by atoms with E-state index in [9.17, 15) is 9.46 Å². The van der Waals surface area contributed by atoms with Crippen molar-refractivity contribution < 1.29 is 18.5 Å². The summed E-state index contributed by atoms with van der Waals surface area (Å²) < 4.78 is 22.9. The van der Waals surface area contributed by atoms with Crippen LogP contribution >= 0.6 is 7.82 Å². The molecule has 5 heteroatoms. The van der Waals surface area contributed by atoms with Crippen molar-refractivity contribution in [3.8, 4) is 11.5 Å². The third-order valence-electron chi connectivity index (χ3n) is 4.20. The summed E-state index contributed by atoms with van der Waals surface area (Å²) in [5.41, 5.74) is 0.941. The first-order valence-electron chi connectivity index (χ1n) is 8.89. The van der Waals surface area contributed by atoms with Gasteiger partial charge in [-0.3, -0.25) is 4.89 Å². The summed E-state index contributed by atoms with van der Waals surface area (Å²) in [5.74, 6) is 1.26. The van der Waals surface area contributed by atoms with Crippen LogP contribution in [0.15, 0.2) is 54.6 Å². The van der Waals surface area contributed by atoms with Crippen LogP contribution in [0.5, 0.6) is 11.5 Å². The fourth-order valence-electron chi connectivity index (χ4n) is 2.77. The van der Waals surface area contributed by atoms with Crippen molar-refractivity contribution in [2.45, 2.75) is 46.0 Å². The molecule has 0 radical (unpaired) electrons. The van der Waals surface area contributed by atoms with E-state index in [1.807, 2.05) is 18.2 Å². The maximum atomic E-state index is 12.3. The summed E-state index contributed by atoms with van der Waals surface area (Å²) in [6.45, 7) is 4.37. The summed E-state index contributed by atoms with van der Waals surface area (Å²) in [5, 5.41) is 0. The van der Waals surface area contributed by atoms with E-state index in [-0.39, 0.29) is 0 Å². The van der Waals surface area contributed by atoms with Gasteiger partial charge in [0.2, 0.25) is 0 Å². The topological polar surface area (TPSA) is 55.8 Å². The molecule has 0 aliphatic carbocycles. The second kappa shape index (κ2) is 9.65. The van der Waals surface area contributed by atoms with Crippen molar-refractivity contribution in [1.29, 1.82) is 0 Å². The van der Waals surface area contributed by atoms with E-state index in [0.717, 1.165) is 24.8 Å². The third kappa shape index (κ3) is 6.56. The Morgan fingerprint density at radius 3 is 2.36 bits per heavy atom. The van der Waals surface area contributed by atoms with E-state index in [1.54, 1.807) is 36.4 Å². The van der Waals surface area contributed by atoms with Crippen LogP contribution in [0.3, 0.4) is 0 Å². The van der Waals surface area contributed by atoms with E-state index in [4.69, 9.17) is 9.05 Å². The van der Waals surface area contributed by atoms with Crippen LogP contribution in [0, 0.1) is 5.92 Å². The van der Waals surface area contributed by atoms with Crippen LogP contribution in [0.4, 0.5) is 0 Å². The molecule has 4 nitrogen and oxygen atoms in total. The molecule has 0 saturated carbocycles. The van der Waals surface area contributed by atoms with E-state index >= 15 is 0 Å². The SMILES string of the molecule is CCCCC(CC)Cc1ccccc1OP(=O)(O)Oc1ccccc1. The number of benzene rings is 2. The number of para-hydroxylation sites is 2. The van der Waals surface area contributed by atoms with Gasteiger partial charge in [-0.15, -0.1) is 0 Å². The molecule has 0 heterocycles. The minimum absolute atomic E-state index is 0.306. The van der Waals surface area contributed by atoms with Crippen LogP contribution in [0.25, 0.3) is 0 Å². The van der Waals surface area contributed by atoms with Crippen molar-refractivity contribution in [3.63, 3.8) is 0 Å². The Balaban J connectivity index is 2.10. The van der Waals surface area contributed by atoms with Gasteiger partial charge in [0.05, 0.1) is 0 Å². The maximum absolute atomic E-state index is 12.3. The average Bonchev–Trinajstić information content (AvgIpc) is 2.60. The molecule has 0 aliphatic rings. The molecule has 2 unspecified atom stereocenters. The molecule has 2 aromatic carbocycles. The summed E-state index contributed by atoms with van der Waals surface area (Å²) in [4.78, 5) is 10.1. The largest absolute Gasteiger partial charge is 0.584 e. The number of phosphoric ester groups is 1. The lowest BCUT2D eigenvalue weighted by atomic mass is 9.92. The predicted molar refractivity (Wildman–Crippen MR) is 101 cm³/mol. The zero-order chi connectivity index (χ0) is 18.1. The molecule has 0 aromatic heterocycles. The molecule has 2 aromatic rings. The second-order valence-electron chi connectivity index (χ2n) is 6.19. The molecular formula is C20H27O4P. The average molecular weight is 362 g/mol. The van der Waals surface area contributed by atoms with Gasteiger partial charge in [-0.25, -0.2) is 4.57 Å². The van der Waals surface area contributed by atoms with Crippen LogP contribution in [-0.2, 0) is 11.0 Å². The highest BCUT2D eigenvalue weighted by atomic mass is 31.2. The van der Waals surface area contributed by atoms with Crippen molar-refractivity contribution in [3.05, 3.63) is 60.2 Å². The Bertz CT molecular complexity index is 687. The quantitative estimate of drug-likeness (QED) is 0.526. The lowest BCUT2D eigenvalue weighted by Gasteiger charge is -2.19. The van der Waals surface area contributed by atoms with Gasteiger partial charge in [-0.2, -0.15) is 0 Å². The Kier molecular flexibility index (Phi) is 7.54. The number of hydrogen-bond donors (Lipinski definition) is 1. The molecule has 2 rings (SSSR count). The van der Waals surface area contributed by atoms with Crippen LogP contribution in [0.1, 0.15) is 45.1 Å². The Hall–Kier alpha value is -1.77. The molecule has 25 heavy (non-hydrogen) atoms. The van der Waals surface area contributed by atoms with Crippen molar-refractivity contribution in [1.82, 2.24) is 0 Å². The fourth-order valence-corrected chi connectivity index (χ4v) is 3.63. The summed E-state index contributed by atoms with van der Waals surface area (Å²) in [6.07, 6.45) is 5.42. The van der Waals surface area contributed by atoms with Crippen molar-refractivity contribution in [2.24, 2.45) is 5.92 Å². The lowest BCUT2D eigenvalue weighted by molar-refractivity contribution is 0.289. The Morgan fingerprint density at radius 2 is 1.68 bits per heavy atom. The highest BCUT2D eigenvalue weighted by molar-refractivity contribution is 7.48. The molecule has 0 bridgehead atoms. The van der Waals surface area contributed by atoms with Gasteiger partial charge < -0.3 is 9.05 Å². The first-order chi connectivity index (χ1) is 12.0. The molecule has 2 atom stereocenters. The Labute approximate surface area is 150 Å². The molecule has 0 fully saturated rings. The van der Waals surface area contributed by atoms with Gasteiger partial charge >= 0.3 is 7.82 Å². The lowest BCUT2D eigenvalue weighted by Crippen LogP contribution is -2.06. The van der Waals surface area contributed by atoms with Crippen molar-refractivity contribution in [2.75, 3.05) is 0 Å². The molecular weight excluding hydrogens is 335 g/mol. The second-order valence-corrected chi connectivity index (χ2v) is 7.49. The molecule has 0 amide bonds. The third-order valence-corrected chi connectivity index (χ3v) is 5.07. The van der Waals surface area contributed by atoms with E-state index in [2.05, 4.69) is 13.8 Å². The minimum Gasteiger partial charge on any atom is -0.395 e. The van der Waals surface area contributed by atoms with Crippen LogP contribution in [-0.4, -0.2) is 4.89 Å². The first-order valence-corrected chi connectivity index (χ1v) is 10.4. The summed E-state index contributed by atoms with van der Waals surface area (Å²) in [6, 6.07) is 15.9. The maximum Gasteiger partial charge on any atom is 0.584 e. The number of unbranched alkanes of at least 4 members (excludes halogenated alkanes) is 1. The van der Waals surface area contributed by atoms with Gasteiger partial charge in [0.1, 0.15) is 11.5 Å². The molecule has 0 saturated heterocycles. The Morgan fingerprint density at radius 1 is 1.00 bits per heavy atom. The van der Waals surface area contributed by atoms with E-state index in [1.165, 1.54) is 12.8 Å². The zero-order valence-electron chi connectivity index (χ0n) is 14.9. The van der Waals surface area contributed by atoms with E-state index in [0.29, 0.717) is 17.4 Å². The normalized spacial score (nSPS) is 14.5. The number of phosphoric acid groups is 1. The molecule has 136 valence electrons. The summed E-state index contributed by atoms with van der Waals surface area (Å²) >= 11 is 0. The highest BCUT2D eigenvalue weighted by Crippen LogP contribution is 2.45. The highest BCUT2D eigenvalue weighted by Gasteiger charge is 2.26. The number of rotatable bonds is 10. The van der Waals surface area contributed by atoms with Gasteiger partial charge in [-0.05, 0) is 36.1 Å². The standard InChI is InChI=1S/C20H27O4P/c1-3-5-11-17(4-2)16-18-12-9-10-15-20(18)24-25(21,22)23-19-13-7-6-8-14-19/h6-10,12-15,17H,3-5,11,16H2,1-2H3,(H,21,22). The summed E-state index contributed by atoms with van der Waals surface area (Å²) in [7, 11) is -4.24. The fraction of sp³-hybridized carbons (Fsp3) is 0.400. The van der Waals surface area contributed by atoms with Gasteiger partial charge in [0.15, 0.2) is 0 Å². The van der Waals surface area contributed by atoms with Crippen LogP contribution in [0.2, 0.25) is 0 Å². The first kappa shape index (κ1) is 19.6. The van der Waals surface area contributed by atoms with Gasteiger partial charge in [-0.1, -0.05) is 75.9 Å². The monoisotopic (exact) mass is 362 g/mol.